The van der Waals surface area contributed by atoms with Gasteiger partial charge in [-0.15, -0.1) is 0 Å². The van der Waals surface area contributed by atoms with Crippen LogP contribution in [0.4, 0.5) is 5.69 Å². The van der Waals surface area contributed by atoms with Crippen molar-refractivity contribution in [3.8, 4) is 0 Å². The van der Waals surface area contributed by atoms with Crippen molar-refractivity contribution in [1.29, 1.82) is 0 Å². The second-order valence-corrected chi connectivity index (χ2v) is 4.19. The summed E-state index contributed by atoms with van der Waals surface area (Å²) in [6.07, 6.45) is -0.191. The number of amides is 1. The Morgan fingerprint density at radius 3 is 2.68 bits per heavy atom. The van der Waals surface area contributed by atoms with E-state index in [-0.39, 0.29) is 25.5 Å². The van der Waals surface area contributed by atoms with Gasteiger partial charge >= 0.3 is 5.97 Å². The van der Waals surface area contributed by atoms with Gasteiger partial charge in [0.2, 0.25) is 5.91 Å². The fourth-order valence-corrected chi connectivity index (χ4v) is 1.61. The molecule has 0 radical (unpaired) electrons. The zero-order chi connectivity index (χ0) is 14.3. The molecule has 0 bridgehead atoms. The molecule has 4 N–H and O–H groups in total. The minimum Gasteiger partial charge on any atom is -0.480 e. The number of nitrogens with one attached hydrogen (secondary N) is 2. The van der Waals surface area contributed by atoms with E-state index in [1.54, 1.807) is 12.1 Å². The molecule has 1 rings (SSSR count). The fourth-order valence-electron chi connectivity index (χ4n) is 1.61. The van der Waals surface area contributed by atoms with Gasteiger partial charge in [-0.3, -0.25) is 9.59 Å². The summed E-state index contributed by atoms with van der Waals surface area (Å²) < 4.78 is 0. The standard InChI is InChI=1S/C13H18N2O4/c1-9-3-2-4-10(7-9)15-12(17)8-11(13(18)19)14-5-6-16/h2-4,7,11,14,16H,5-6,8H2,1H3,(H,15,17)(H,18,19)/t11-/m0/s1. The molecule has 0 spiro atoms. The van der Waals surface area contributed by atoms with Gasteiger partial charge in [0.25, 0.3) is 0 Å². The third-order valence-electron chi connectivity index (χ3n) is 2.49. The van der Waals surface area contributed by atoms with Gasteiger partial charge in [-0.1, -0.05) is 12.1 Å². The van der Waals surface area contributed by atoms with E-state index in [0.29, 0.717) is 5.69 Å². The third kappa shape index (κ3) is 5.50. The summed E-state index contributed by atoms with van der Waals surface area (Å²) in [6.45, 7) is 1.86. The van der Waals surface area contributed by atoms with Crippen LogP contribution in [0, 0.1) is 6.92 Å². The summed E-state index contributed by atoms with van der Waals surface area (Å²) in [5.41, 5.74) is 1.64. The first kappa shape index (κ1) is 15.1. The summed E-state index contributed by atoms with van der Waals surface area (Å²) in [7, 11) is 0. The van der Waals surface area contributed by atoms with Crippen molar-refractivity contribution in [2.45, 2.75) is 19.4 Å². The second kappa shape index (κ2) is 7.50. The van der Waals surface area contributed by atoms with Gasteiger partial charge in [-0.25, -0.2) is 0 Å². The number of aryl methyl sites for hydroxylation is 1. The molecule has 0 aromatic heterocycles. The molecule has 19 heavy (non-hydrogen) atoms. The molecule has 1 atom stereocenters. The highest BCUT2D eigenvalue weighted by atomic mass is 16.4. The van der Waals surface area contributed by atoms with Gasteiger partial charge in [-0.05, 0) is 24.6 Å². The Hall–Kier alpha value is -1.92. The van der Waals surface area contributed by atoms with Crippen LogP contribution >= 0.6 is 0 Å². The minimum atomic E-state index is -1.12. The zero-order valence-electron chi connectivity index (χ0n) is 10.7. The van der Waals surface area contributed by atoms with Gasteiger partial charge in [0.1, 0.15) is 6.04 Å². The van der Waals surface area contributed by atoms with Crippen molar-refractivity contribution >= 4 is 17.6 Å². The predicted molar refractivity (Wildman–Crippen MR) is 70.9 cm³/mol. The Kier molecular flexibility index (Phi) is 5.98. The van der Waals surface area contributed by atoms with E-state index in [4.69, 9.17) is 10.2 Å². The molecule has 0 aliphatic heterocycles. The van der Waals surface area contributed by atoms with E-state index in [1.807, 2.05) is 19.1 Å². The number of carbonyl (C=O) groups excluding carboxylic acids is 1. The van der Waals surface area contributed by atoms with Gasteiger partial charge in [0.05, 0.1) is 13.0 Å². The molecule has 1 aromatic carbocycles. The summed E-state index contributed by atoms with van der Waals surface area (Å²) >= 11 is 0. The fraction of sp³-hybridized carbons (Fsp3) is 0.385. The van der Waals surface area contributed by atoms with Crippen molar-refractivity contribution < 1.29 is 19.8 Å². The lowest BCUT2D eigenvalue weighted by Crippen LogP contribution is -2.41. The van der Waals surface area contributed by atoms with Gasteiger partial charge in [0.15, 0.2) is 0 Å². The highest BCUT2D eigenvalue weighted by molar-refractivity contribution is 5.94. The first-order valence-corrected chi connectivity index (χ1v) is 5.96. The number of carbonyl (C=O) groups is 2. The van der Waals surface area contributed by atoms with Crippen molar-refractivity contribution in [2.24, 2.45) is 0 Å². The SMILES string of the molecule is Cc1cccc(NC(=O)C[C@H](NCCO)C(=O)O)c1. The predicted octanol–water partition coefficient (Wildman–Crippen LogP) is 0.359. The van der Waals surface area contributed by atoms with Crippen molar-refractivity contribution in [3.63, 3.8) is 0 Å². The number of hydrogen-bond donors (Lipinski definition) is 4. The van der Waals surface area contributed by atoms with E-state index in [9.17, 15) is 9.59 Å². The van der Waals surface area contributed by atoms with Crippen LogP contribution in [0.15, 0.2) is 24.3 Å². The van der Waals surface area contributed by atoms with Crippen molar-refractivity contribution in [2.75, 3.05) is 18.5 Å². The number of carboxylic acid groups (broad SMARTS) is 1. The van der Waals surface area contributed by atoms with E-state index < -0.39 is 12.0 Å². The minimum absolute atomic E-state index is 0.134. The lowest BCUT2D eigenvalue weighted by Gasteiger charge is -2.13. The molecule has 0 aliphatic carbocycles. The second-order valence-electron chi connectivity index (χ2n) is 4.19. The molecule has 0 saturated carbocycles. The maximum absolute atomic E-state index is 11.7. The van der Waals surface area contributed by atoms with Crippen LogP contribution in [-0.2, 0) is 9.59 Å². The van der Waals surface area contributed by atoms with Gasteiger partial charge in [-0.2, -0.15) is 0 Å². The number of aliphatic hydroxyl groups excluding tert-OH is 1. The number of aliphatic carboxylic acids is 1. The van der Waals surface area contributed by atoms with Gasteiger partial charge < -0.3 is 20.8 Å². The molecule has 6 heteroatoms. The van der Waals surface area contributed by atoms with E-state index in [1.165, 1.54) is 0 Å². The largest absolute Gasteiger partial charge is 0.480 e. The Balaban J connectivity index is 2.55. The molecule has 0 saturated heterocycles. The number of aliphatic hydroxyl groups is 1. The Morgan fingerprint density at radius 1 is 1.37 bits per heavy atom. The molecule has 1 amide bonds. The third-order valence-corrected chi connectivity index (χ3v) is 2.49. The van der Waals surface area contributed by atoms with Crippen molar-refractivity contribution in [3.05, 3.63) is 29.8 Å². The van der Waals surface area contributed by atoms with E-state index in [0.717, 1.165) is 5.56 Å². The number of hydrogen-bond acceptors (Lipinski definition) is 4. The van der Waals surface area contributed by atoms with Crippen molar-refractivity contribution in [1.82, 2.24) is 5.32 Å². The van der Waals surface area contributed by atoms with Crippen LogP contribution in [-0.4, -0.2) is 41.3 Å². The van der Waals surface area contributed by atoms with Crippen LogP contribution in [0.2, 0.25) is 0 Å². The molecule has 0 heterocycles. The maximum Gasteiger partial charge on any atom is 0.321 e. The van der Waals surface area contributed by atoms with Crippen LogP contribution in [0.25, 0.3) is 0 Å². The topological polar surface area (TPSA) is 98.7 Å². The summed E-state index contributed by atoms with van der Waals surface area (Å²) in [5.74, 6) is -1.50. The first-order valence-electron chi connectivity index (χ1n) is 5.96. The van der Waals surface area contributed by atoms with Crippen LogP contribution < -0.4 is 10.6 Å². The smallest absolute Gasteiger partial charge is 0.321 e. The molecule has 0 aliphatic rings. The molecular formula is C13H18N2O4. The molecule has 1 aromatic rings. The molecule has 6 nitrogen and oxygen atoms in total. The number of carboxylic acids is 1. The van der Waals surface area contributed by atoms with Crippen LogP contribution in [0.3, 0.4) is 0 Å². The summed E-state index contributed by atoms with van der Waals surface area (Å²) in [4.78, 5) is 22.6. The summed E-state index contributed by atoms with van der Waals surface area (Å²) in [5, 5.41) is 22.8. The molecular weight excluding hydrogens is 248 g/mol. The quantitative estimate of drug-likeness (QED) is 0.571. The average molecular weight is 266 g/mol. The highest BCUT2D eigenvalue weighted by Crippen LogP contribution is 2.10. The van der Waals surface area contributed by atoms with Crippen LogP contribution in [0.5, 0.6) is 0 Å². The first-order chi connectivity index (χ1) is 9.02. The Bertz CT molecular complexity index is 448. The Morgan fingerprint density at radius 2 is 2.11 bits per heavy atom. The monoisotopic (exact) mass is 266 g/mol. The van der Waals surface area contributed by atoms with Crippen LogP contribution in [0.1, 0.15) is 12.0 Å². The maximum atomic E-state index is 11.7. The van der Waals surface area contributed by atoms with E-state index >= 15 is 0 Å². The van der Waals surface area contributed by atoms with Gasteiger partial charge in [0, 0.05) is 12.2 Å². The number of anilines is 1. The molecule has 0 fully saturated rings. The lowest BCUT2D eigenvalue weighted by atomic mass is 10.2. The Labute approximate surface area is 111 Å². The molecule has 0 unspecified atom stereocenters. The van der Waals surface area contributed by atoms with E-state index in [2.05, 4.69) is 10.6 Å². The lowest BCUT2D eigenvalue weighted by molar-refractivity contribution is -0.141. The normalized spacial score (nSPS) is 11.9. The summed E-state index contributed by atoms with van der Waals surface area (Å²) in [6, 6.07) is 6.25. The highest BCUT2D eigenvalue weighted by Gasteiger charge is 2.20. The number of rotatable bonds is 7. The average Bonchev–Trinajstić information content (AvgIpc) is 2.34. The number of benzene rings is 1. The molecule has 104 valence electrons. The zero-order valence-corrected chi connectivity index (χ0v) is 10.7.